The second-order valence-electron chi connectivity index (χ2n) is 6.00. The minimum Gasteiger partial charge on any atom is -0.394 e. The molecule has 3 N–H and O–H groups in total. The first-order valence-electron chi connectivity index (χ1n) is 6.40. The molecule has 1 atom stereocenters. The van der Waals surface area contributed by atoms with Crippen LogP contribution in [0, 0.1) is 5.92 Å². The average Bonchev–Trinajstić information content (AvgIpc) is 2.13. The van der Waals surface area contributed by atoms with E-state index >= 15 is 0 Å². The Morgan fingerprint density at radius 1 is 1.29 bits per heavy atom. The van der Waals surface area contributed by atoms with Crippen LogP contribution in [0.1, 0.15) is 47.5 Å². The van der Waals surface area contributed by atoms with Gasteiger partial charge in [0.05, 0.1) is 12.6 Å². The molecule has 0 aromatic rings. The molecular weight excluding hydrogens is 216 g/mol. The Bertz CT molecular complexity index is 222. The summed E-state index contributed by atoms with van der Waals surface area (Å²) in [7, 11) is 0. The molecule has 0 radical (unpaired) electrons. The largest absolute Gasteiger partial charge is 0.394 e. The zero-order chi connectivity index (χ0) is 13.5. The molecule has 0 aliphatic rings. The number of aliphatic hydroxyl groups is 1. The number of aliphatic hydroxyl groups excluding tert-OH is 1. The Morgan fingerprint density at radius 2 is 1.88 bits per heavy atom. The van der Waals surface area contributed by atoms with Gasteiger partial charge in [0, 0.05) is 18.5 Å². The van der Waals surface area contributed by atoms with Gasteiger partial charge in [0.1, 0.15) is 0 Å². The van der Waals surface area contributed by atoms with Crippen LogP contribution in [0.25, 0.3) is 0 Å². The van der Waals surface area contributed by atoms with Gasteiger partial charge in [-0.15, -0.1) is 0 Å². The number of hydrogen-bond acceptors (Lipinski definition) is 3. The third-order valence-corrected chi connectivity index (χ3v) is 2.35. The second kappa shape index (κ2) is 7.67. The van der Waals surface area contributed by atoms with Crippen LogP contribution < -0.4 is 10.6 Å². The molecule has 0 saturated carbocycles. The third kappa shape index (κ3) is 10.3. The van der Waals surface area contributed by atoms with E-state index in [1.807, 2.05) is 0 Å². The number of nitrogens with one attached hydrogen (secondary N) is 2. The van der Waals surface area contributed by atoms with Gasteiger partial charge >= 0.3 is 0 Å². The van der Waals surface area contributed by atoms with Crippen LogP contribution in [-0.4, -0.2) is 35.7 Å². The fourth-order valence-corrected chi connectivity index (χ4v) is 1.60. The maximum Gasteiger partial charge on any atom is 0.221 e. The number of carbonyl (C=O) groups is 1. The van der Waals surface area contributed by atoms with Crippen molar-refractivity contribution in [2.45, 2.75) is 59.0 Å². The van der Waals surface area contributed by atoms with Crippen LogP contribution >= 0.6 is 0 Å². The van der Waals surface area contributed by atoms with Crippen LogP contribution in [0.15, 0.2) is 0 Å². The second-order valence-corrected chi connectivity index (χ2v) is 6.00. The molecule has 0 rings (SSSR count). The standard InChI is InChI=1S/C13H28N2O2/c1-10(2)8-11(9-16)15-12(17)6-7-14-13(3,4)5/h10-11,14,16H,6-9H2,1-5H3,(H,15,17). The molecule has 0 aromatic carbocycles. The van der Waals surface area contributed by atoms with Gasteiger partial charge in [0.15, 0.2) is 0 Å². The van der Waals surface area contributed by atoms with Gasteiger partial charge in [-0.05, 0) is 33.1 Å². The number of amides is 1. The minimum absolute atomic E-state index is 0.00134. The average molecular weight is 244 g/mol. The molecule has 4 heteroatoms. The molecular formula is C13H28N2O2. The molecule has 4 nitrogen and oxygen atoms in total. The van der Waals surface area contributed by atoms with E-state index in [4.69, 9.17) is 5.11 Å². The molecule has 0 aliphatic heterocycles. The Kier molecular flexibility index (Phi) is 7.39. The molecule has 0 saturated heterocycles. The van der Waals surface area contributed by atoms with Crippen LogP contribution in [0.3, 0.4) is 0 Å². The summed E-state index contributed by atoms with van der Waals surface area (Å²) in [5.41, 5.74) is 0.0363. The fourth-order valence-electron chi connectivity index (χ4n) is 1.60. The summed E-state index contributed by atoms with van der Waals surface area (Å²) in [5, 5.41) is 15.3. The Hall–Kier alpha value is -0.610. The van der Waals surface area contributed by atoms with E-state index in [0.717, 1.165) is 6.42 Å². The summed E-state index contributed by atoms with van der Waals surface area (Å²) in [6, 6.07) is -0.114. The van der Waals surface area contributed by atoms with E-state index in [2.05, 4.69) is 45.3 Å². The molecule has 0 aliphatic carbocycles. The summed E-state index contributed by atoms with van der Waals surface area (Å²) >= 11 is 0. The lowest BCUT2D eigenvalue weighted by molar-refractivity contribution is -0.122. The SMILES string of the molecule is CC(C)CC(CO)NC(=O)CCNC(C)(C)C. The van der Waals surface area contributed by atoms with E-state index < -0.39 is 0 Å². The highest BCUT2D eigenvalue weighted by molar-refractivity contribution is 5.76. The van der Waals surface area contributed by atoms with Crippen molar-refractivity contribution in [2.24, 2.45) is 5.92 Å². The Labute approximate surface area is 105 Å². The molecule has 1 amide bonds. The number of carbonyl (C=O) groups excluding carboxylic acids is 1. The van der Waals surface area contributed by atoms with Gasteiger partial charge in [0.25, 0.3) is 0 Å². The maximum atomic E-state index is 11.6. The first-order chi connectivity index (χ1) is 7.74. The molecule has 0 heterocycles. The van der Waals surface area contributed by atoms with Gasteiger partial charge in [0.2, 0.25) is 5.91 Å². The molecule has 0 bridgehead atoms. The van der Waals surface area contributed by atoms with Gasteiger partial charge in [-0.2, -0.15) is 0 Å². The van der Waals surface area contributed by atoms with Gasteiger partial charge < -0.3 is 15.7 Å². The number of rotatable bonds is 7. The first-order valence-corrected chi connectivity index (χ1v) is 6.40. The molecule has 17 heavy (non-hydrogen) atoms. The van der Waals surface area contributed by atoms with Crippen molar-refractivity contribution in [3.05, 3.63) is 0 Å². The zero-order valence-electron chi connectivity index (χ0n) is 11.8. The first kappa shape index (κ1) is 16.4. The van der Waals surface area contributed by atoms with E-state index in [1.54, 1.807) is 0 Å². The Morgan fingerprint density at radius 3 is 2.29 bits per heavy atom. The highest BCUT2D eigenvalue weighted by atomic mass is 16.3. The van der Waals surface area contributed by atoms with Gasteiger partial charge in [-0.3, -0.25) is 4.79 Å². The zero-order valence-corrected chi connectivity index (χ0v) is 11.8. The number of hydrogen-bond donors (Lipinski definition) is 3. The molecule has 0 spiro atoms. The van der Waals surface area contributed by atoms with Gasteiger partial charge in [-0.1, -0.05) is 13.8 Å². The molecule has 102 valence electrons. The fraction of sp³-hybridized carbons (Fsp3) is 0.923. The van der Waals surface area contributed by atoms with Crippen LogP contribution in [0.2, 0.25) is 0 Å². The van der Waals surface area contributed by atoms with Crippen molar-refractivity contribution in [3.8, 4) is 0 Å². The van der Waals surface area contributed by atoms with Crippen molar-refractivity contribution in [1.82, 2.24) is 10.6 Å². The normalized spacial score (nSPS) is 13.8. The van der Waals surface area contributed by atoms with E-state index in [9.17, 15) is 4.79 Å². The summed E-state index contributed by atoms with van der Waals surface area (Å²) in [4.78, 5) is 11.6. The summed E-state index contributed by atoms with van der Waals surface area (Å²) < 4.78 is 0. The summed E-state index contributed by atoms with van der Waals surface area (Å²) in [6.45, 7) is 11.0. The predicted molar refractivity (Wildman–Crippen MR) is 70.8 cm³/mol. The lowest BCUT2D eigenvalue weighted by atomic mass is 10.0. The maximum absolute atomic E-state index is 11.6. The van der Waals surface area contributed by atoms with Crippen LogP contribution in [0.5, 0.6) is 0 Å². The van der Waals surface area contributed by atoms with E-state index in [-0.39, 0.29) is 24.1 Å². The van der Waals surface area contributed by atoms with Crippen molar-refractivity contribution >= 4 is 5.91 Å². The molecule has 0 fully saturated rings. The third-order valence-electron chi connectivity index (χ3n) is 2.35. The van der Waals surface area contributed by atoms with E-state index in [1.165, 1.54) is 0 Å². The van der Waals surface area contributed by atoms with E-state index in [0.29, 0.717) is 18.9 Å². The topological polar surface area (TPSA) is 61.4 Å². The monoisotopic (exact) mass is 244 g/mol. The van der Waals surface area contributed by atoms with Crippen molar-refractivity contribution in [1.29, 1.82) is 0 Å². The lowest BCUT2D eigenvalue weighted by Crippen LogP contribution is -2.42. The summed E-state index contributed by atoms with van der Waals surface area (Å²) in [6.07, 6.45) is 1.26. The highest BCUT2D eigenvalue weighted by Crippen LogP contribution is 2.04. The van der Waals surface area contributed by atoms with Crippen LogP contribution in [-0.2, 0) is 4.79 Å². The van der Waals surface area contributed by atoms with Crippen molar-refractivity contribution in [2.75, 3.05) is 13.2 Å². The molecule has 0 aromatic heterocycles. The van der Waals surface area contributed by atoms with Crippen LogP contribution in [0.4, 0.5) is 0 Å². The Balaban J connectivity index is 3.83. The van der Waals surface area contributed by atoms with Crippen molar-refractivity contribution < 1.29 is 9.90 Å². The lowest BCUT2D eigenvalue weighted by Gasteiger charge is -2.21. The molecule has 1 unspecified atom stereocenters. The quantitative estimate of drug-likeness (QED) is 0.632. The smallest absolute Gasteiger partial charge is 0.221 e. The van der Waals surface area contributed by atoms with Crippen molar-refractivity contribution in [3.63, 3.8) is 0 Å². The highest BCUT2D eigenvalue weighted by Gasteiger charge is 2.14. The summed E-state index contributed by atoms with van der Waals surface area (Å²) in [5.74, 6) is 0.474. The predicted octanol–water partition coefficient (Wildman–Crippen LogP) is 1.29. The minimum atomic E-state index is -0.114. The van der Waals surface area contributed by atoms with Gasteiger partial charge in [-0.25, -0.2) is 0 Å².